The number of halogens is 3. The normalized spacial score (nSPS) is 18.0. The molecule has 0 amide bonds. The molecule has 0 saturated heterocycles. The van der Waals surface area contributed by atoms with E-state index in [-0.39, 0.29) is 0 Å². The van der Waals surface area contributed by atoms with Crippen LogP contribution in [-0.4, -0.2) is 41.4 Å². The second-order valence-corrected chi connectivity index (χ2v) is 6.88. The summed E-state index contributed by atoms with van der Waals surface area (Å²) in [5.74, 6) is 1.41. The van der Waals surface area contributed by atoms with Gasteiger partial charge >= 0.3 is 0 Å². The summed E-state index contributed by atoms with van der Waals surface area (Å²) in [7, 11) is 1.99. The van der Waals surface area contributed by atoms with Crippen molar-refractivity contribution in [1.29, 1.82) is 0 Å². The third kappa shape index (κ3) is 4.14. The van der Waals surface area contributed by atoms with Gasteiger partial charge in [0.2, 0.25) is 0 Å². The number of pyridine rings is 1. The molecule has 0 spiro atoms. The molecule has 1 aliphatic rings. The molecule has 0 aliphatic carbocycles. The van der Waals surface area contributed by atoms with Crippen LogP contribution in [0.5, 0.6) is 0 Å². The number of nitrogens with two attached hydrogens (primary N) is 1. The third-order valence-electron chi connectivity index (χ3n) is 3.99. The van der Waals surface area contributed by atoms with E-state index in [0.717, 1.165) is 35.9 Å². The molecule has 0 bridgehead atoms. The van der Waals surface area contributed by atoms with E-state index in [1.807, 2.05) is 31.9 Å². The van der Waals surface area contributed by atoms with Gasteiger partial charge in [0.15, 0.2) is 0 Å². The van der Waals surface area contributed by atoms with Gasteiger partial charge in [0, 0.05) is 25.7 Å². The lowest BCUT2D eigenvalue weighted by atomic mass is 10.2. The molecule has 2 rings (SSSR count). The minimum absolute atomic E-state index is 0.440. The SMILES string of the molecule is CC1=NC(C)=C(Cl)C(N)N1Cc1nccc(N(C)CCCCl)c1Cl. The van der Waals surface area contributed by atoms with Gasteiger partial charge < -0.3 is 15.5 Å². The van der Waals surface area contributed by atoms with E-state index in [1.165, 1.54) is 0 Å². The van der Waals surface area contributed by atoms with E-state index in [1.54, 1.807) is 6.20 Å². The summed E-state index contributed by atoms with van der Waals surface area (Å²) in [5, 5.41) is 1.14. The Hall–Kier alpha value is -1.01. The van der Waals surface area contributed by atoms with Gasteiger partial charge in [0.25, 0.3) is 0 Å². The van der Waals surface area contributed by atoms with Crippen molar-refractivity contribution in [2.75, 3.05) is 24.4 Å². The molecular weight excluding hydrogens is 369 g/mol. The van der Waals surface area contributed by atoms with Gasteiger partial charge in [0.1, 0.15) is 12.0 Å². The summed E-state index contributed by atoms with van der Waals surface area (Å²) in [6, 6.07) is 1.90. The number of allylic oxidation sites excluding steroid dienone is 1. The minimum atomic E-state index is -0.445. The summed E-state index contributed by atoms with van der Waals surface area (Å²) in [6.45, 7) is 5.01. The summed E-state index contributed by atoms with van der Waals surface area (Å²) in [6.07, 6.45) is 2.19. The van der Waals surface area contributed by atoms with Crippen molar-refractivity contribution in [1.82, 2.24) is 9.88 Å². The number of hydrogen-bond donors (Lipinski definition) is 1. The van der Waals surface area contributed by atoms with E-state index >= 15 is 0 Å². The molecular formula is C16H22Cl3N5. The Morgan fingerprint density at radius 3 is 2.71 bits per heavy atom. The first kappa shape index (κ1) is 19.3. The van der Waals surface area contributed by atoms with Crippen LogP contribution >= 0.6 is 34.8 Å². The molecule has 132 valence electrons. The maximum Gasteiger partial charge on any atom is 0.117 e. The predicted molar refractivity (Wildman–Crippen MR) is 103 cm³/mol. The van der Waals surface area contributed by atoms with E-state index in [9.17, 15) is 0 Å². The Bertz CT molecular complexity index is 659. The van der Waals surface area contributed by atoms with Crippen LogP contribution < -0.4 is 10.6 Å². The molecule has 1 atom stereocenters. The van der Waals surface area contributed by atoms with Gasteiger partial charge in [-0.1, -0.05) is 23.2 Å². The highest BCUT2D eigenvalue weighted by Gasteiger charge is 2.26. The lowest BCUT2D eigenvalue weighted by Crippen LogP contribution is -2.47. The minimum Gasteiger partial charge on any atom is -0.373 e. The number of anilines is 1. The highest BCUT2D eigenvalue weighted by molar-refractivity contribution is 6.34. The number of amidine groups is 1. The second kappa shape index (κ2) is 8.39. The molecule has 2 N–H and O–H groups in total. The third-order valence-corrected chi connectivity index (χ3v) is 5.16. The van der Waals surface area contributed by atoms with E-state index < -0.39 is 6.17 Å². The van der Waals surface area contributed by atoms with E-state index in [0.29, 0.717) is 22.5 Å². The summed E-state index contributed by atoms with van der Waals surface area (Å²) in [4.78, 5) is 12.8. The zero-order chi connectivity index (χ0) is 17.9. The second-order valence-electron chi connectivity index (χ2n) is 5.72. The fourth-order valence-corrected chi connectivity index (χ4v) is 3.18. The Balaban J connectivity index is 2.24. The first-order chi connectivity index (χ1) is 11.4. The van der Waals surface area contributed by atoms with Gasteiger partial charge in [0.05, 0.1) is 33.7 Å². The molecule has 1 aliphatic heterocycles. The molecule has 0 radical (unpaired) electrons. The first-order valence-electron chi connectivity index (χ1n) is 7.71. The first-order valence-corrected chi connectivity index (χ1v) is 9.00. The fraction of sp³-hybridized carbons (Fsp3) is 0.500. The number of aromatic nitrogens is 1. The highest BCUT2D eigenvalue weighted by atomic mass is 35.5. The van der Waals surface area contributed by atoms with Crippen LogP contribution in [0, 0.1) is 0 Å². The predicted octanol–water partition coefficient (Wildman–Crippen LogP) is 3.79. The van der Waals surface area contributed by atoms with Crippen LogP contribution in [0.3, 0.4) is 0 Å². The number of aliphatic imine (C=N–C) groups is 1. The molecule has 24 heavy (non-hydrogen) atoms. The fourth-order valence-electron chi connectivity index (χ4n) is 2.58. The van der Waals surface area contributed by atoms with Gasteiger partial charge in [-0.15, -0.1) is 11.6 Å². The average molecular weight is 391 g/mol. The van der Waals surface area contributed by atoms with Crippen LogP contribution in [0.4, 0.5) is 5.69 Å². The van der Waals surface area contributed by atoms with Crippen LogP contribution in [0.25, 0.3) is 0 Å². The maximum absolute atomic E-state index is 6.57. The van der Waals surface area contributed by atoms with Gasteiger partial charge in [-0.25, -0.2) is 4.99 Å². The molecule has 2 heterocycles. The van der Waals surface area contributed by atoms with Crippen LogP contribution in [0.2, 0.25) is 5.02 Å². The van der Waals surface area contributed by atoms with E-state index in [2.05, 4.69) is 14.9 Å². The standard InChI is InChI=1S/C16H22Cl3N5/c1-10-14(18)16(20)24(11(2)22-10)9-12-15(19)13(5-7-21-12)23(3)8-4-6-17/h5,7,16H,4,6,8-9,20H2,1-3H3. The van der Waals surface area contributed by atoms with Crippen LogP contribution in [0.1, 0.15) is 26.0 Å². The molecule has 0 aromatic carbocycles. The molecule has 0 saturated carbocycles. The van der Waals surface area contributed by atoms with Gasteiger partial charge in [-0.2, -0.15) is 0 Å². The van der Waals surface area contributed by atoms with Gasteiger partial charge in [-0.05, 0) is 26.3 Å². The van der Waals surface area contributed by atoms with Gasteiger partial charge in [-0.3, -0.25) is 4.98 Å². The molecule has 0 fully saturated rings. The maximum atomic E-state index is 6.57. The lowest BCUT2D eigenvalue weighted by Gasteiger charge is -2.34. The molecule has 8 heteroatoms. The molecule has 1 aromatic heterocycles. The Morgan fingerprint density at radius 1 is 1.33 bits per heavy atom. The van der Waals surface area contributed by atoms with Crippen molar-refractivity contribution >= 4 is 46.3 Å². The average Bonchev–Trinajstić information content (AvgIpc) is 2.56. The highest BCUT2D eigenvalue weighted by Crippen LogP contribution is 2.30. The van der Waals surface area contributed by atoms with Crippen LogP contribution in [-0.2, 0) is 6.54 Å². The van der Waals surface area contributed by atoms with Crippen molar-refractivity contribution in [3.8, 4) is 0 Å². The summed E-state index contributed by atoms with van der Waals surface area (Å²) >= 11 is 18.6. The number of rotatable bonds is 6. The van der Waals surface area contributed by atoms with E-state index in [4.69, 9.17) is 40.5 Å². The molecule has 1 aromatic rings. The van der Waals surface area contributed by atoms with Crippen molar-refractivity contribution in [3.63, 3.8) is 0 Å². The lowest BCUT2D eigenvalue weighted by molar-refractivity contribution is 0.339. The molecule has 1 unspecified atom stereocenters. The van der Waals surface area contributed by atoms with Crippen molar-refractivity contribution in [2.45, 2.75) is 33.0 Å². The van der Waals surface area contributed by atoms with Crippen molar-refractivity contribution < 1.29 is 0 Å². The zero-order valence-electron chi connectivity index (χ0n) is 14.1. The Kier molecular flexibility index (Phi) is 6.75. The number of nitrogens with zero attached hydrogens (tertiary/aromatic N) is 4. The number of alkyl halides is 1. The molecule has 5 nitrogen and oxygen atoms in total. The monoisotopic (exact) mass is 389 g/mol. The Labute approximate surface area is 158 Å². The zero-order valence-corrected chi connectivity index (χ0v) is 16.3. The van der Waals surface area contributed by atoms with Crippen molar-refractivity contribution in [2.24, 2.45) is 10.7 Å². The van der Waals surface area contributed by atoms with Crippen molar-refractivity contribution in [3.05, 3.63) is 33.7 Å². The number of hydrogen-bond acceptors (Lipinski definition) is 5. The smallest absolute Gasteiger partial charge is 0.117 e. The summed E-state index contributed by atoms with van der Waals surface area (Å²) in [5.41, 5.74) is 8.62. The summed E-state index contributed by atoms with van der Waals surface area (Å²) < 4.78 is 0. The topological polar surface area (TPSA) is 57.8 Å². The quantitative estimate of drug-likeness (QED) is 0.751. The largest absolute Gasteiger partial charge is 0.373 e. The Morgan fingerprint density at radius 2 is 2.04 bits per heavy atom. The van der Waals surface area contributed by atoms with Crippen LogP contribution in [0.15, 0.2) is 28.0 Å².